The largest absolute Gasteiger partial charge is 0.305 e. The first kappa shape index (κ1) is 52.2. The monoisotopic (exact) mass is 772 g/mol. The molecule has 322 valence electrons. The van der Waals surface area contributed by atoms with E-state index in [0.717, 1.165) is 44.1 Å². The van der Waals surface area contributed by atoms with Crippen molar-refractivity contribution < 1.29 is 0 Å². The highest BCUT2D eigenvalue weighted by Crippen LogP contribution is 2.28. The van der Waals surface area contributed by atoms with E-state index >= 15 is 0 Å². The molecule has 0 radical (unpaired) electrons. The Hall–Kier alpha value is -1.82. The van der Waals surface area contributed by atoms with E-state index in [1.807, 2.05) is 0 Å². The SMILES string of the molecule is C=C=C(CCCC(CCCCCCC)CCCCCCC)CCc1cc(/C=C\CC(=C)CCCC(CCCCCCC)CCCCCCC)cc(CN(C)C)c1. The Balaban J connectivity index is 2.70. The molecule has 0 heterocycles. The van der Waals surface area contributed by atoms with Crippen LogP contribution in [-0.4, -0.2) is 19.0 Å². The Labute approximate surface area is 352 Å². The lowest BCUT2D eigenvalue weighted by Gasteiger charge is -2.17. The summed E-state index contributed by atoms with van der Waals surface area (Å²) in [5.74, 6) is 1.83. The average molecular weight is 772 g/mol. The van der Waals surface area contributed by atoms with Gasteiger partial charge in [-0.05, 0) is 93.1 Å². The molecule has 0 aliphatic carbocycles. The van der Waals surface area contributed by atoms with Gasteiger partial charge in [-0.1, -0.05) is 244 Å². The number of benzene rings is 1. The van der Waals surface area contributed by atoms with Crippen molar-refractivity contribution in [2.24, 2.45) is 11.8 Å². The van der Waals surface area contributed by atoms with Crippen LogP contribution in [0.2, 0.25) is 0 Å². The predicted octanol–water partition coefficient (Wildman–Crippen LogP) is 18.4. The molecule has 1 heteroatoms. The molecule has 0 bridgehead atoms. The molecule has 56 heavy (non-hydrogen) atoms. The maximum Gasteiger partial charge on any atom is 0.0227 e. The van der Waals surface area contributed by atoms with Crippen molar-refractivity contribution in [1.29, 1.82) is 0 Å². The van der Waals surface area contributed by atoms with E-state index in [4.69, 9.17) is 0 Å². The molecule has 1 nitrogen and oxygen atoms in total. The maximum absolute atomic E-state index is 4.52. The van der Waals surface area contributed by atoms with E-state index in [1.54, 1.807) is 0 Å². The quantitative estimate of drug-likeness (QED) is 0.0365. The molecule has 0 unspecified atom stereocenters. The molecule has 0 saturated heterocycles. The summed E-state index contributed by atoms with van der Waals surface area (Å²) < 4.78 is 0. The topological polar surface area (TPSA) is 3.24 Å². The summed E-state index contributed by atoms with van der Waals surface area (Å²) in [4.78, 5) is 2.29. The zero-order chi connectivity index (χ0) is 40.9. The van der Waals surface area contributed by atoms with Crippen LogP contribution in [0, 0.1) is 11.8 Å². The van der Waals surface area contributed by atoms with Crippen LogP contribution in [-0.2, 0) is 13.0 Å². The zero-order valence-electron chi connectivity index (χ0n) is 38.9. The highest BCUT2D eigenvalue weighted by Gasteiger charge is 2.12. The van der Waals surface area contributed by atoms with Gasteiger partial charge < -0.3 is 4.90 Å². The van der Waals surface area contributed by atoms with Crippen molar-refractivity contribution in [1.82, 2.24) is 4.90 Å². The molecule has 1 aromatic carbocycles. The van der Waals surface area contributed by atoms with Gasteiger partial charge in [-0.25, -0.2) is 0 Å². The summed E-state index contributed by atoms with van der Waals surface area (Å²) in [5.41, 5.74) is 10.4. The van der Waals surface area contributed by atoms with E-state index < -0.39 is 0 Å². The summed E-state index contributed by atoms with van der Waals surface area (Å²) in [5, 5.41) is 0. The normalized spacial score (nSPS) is 11.8. The summed E-state index contributed by atoms with van der Waals surface area (Å²) in [6, 6.07) is 7.26. The van der Waals surface area contributed by atoms with Crippen LogP contribution in [0.1, 0.15) is 250 Å². The van der Waals surface area contributed by atoms with Crippen LogP contribution in [0.3, 0.4) is 0 Å². The van der Waals surface area contributed by atoms with Gasteiger partial charge in [0.05, 0.1) is 0 Å². The summed E-state index contributed by atoms with van der Waals surface area (Å²) in [7, 11) is 4.36. The molecule has 0 aromatic heterocycles. The third-order valence-corrected chi connectivity index (χ3v) is 12.4. The van der Waals surface area contributed by atoms with Gasteiger partial charge in [0.25, 0.3) is 0 Å². The maximum atomic E-state index is 4.52. The Morgan fingerprint density at radius 3 is 1.43 bits per heavy atom. The first-order chi connectivity index (χ1) is 27.3. The number of unbranched alkanes of at least 4 members (excludes halogenated alkanes) is 16. The van der Waals surface area contributed by atoms with Gasteiger partial charge in [-0.2, -0.15) is 0 Å². The molecule has 1 aromatic rings. The fourth-order valence-corrected chi connectivity index (χ4v) is 8.81. The second kappa shape index (κ2) is 37.5. The van der Waals surface area contributed by atoms with Gasteiger partial charge >= 0.3 is 0 Å². The predicted molar refractivity (Wildman–Crippen MR) is 256 cm³/mol. The lowest BCUT2D eigenvalue weighted by Crippen LogP contribution is -2.11. The number of hydrogen-bond donors (Lipinski definition) is 0. The van der Waals surface area contributed by atoms with Gasteiger partial charge in [0.2, 0.25) is 0 Å². The minimum atomic E-state index is 0.907. The van der Waals surface area contributed by atoms with Crippen LogP contribution in [0.5, 0.6) is 0 Å². The summed E-state index contributed by atoms with van der Waals surface area (Å²) in [6.07, 6.45) is 49.4. The van der Waals surface area contributed by atoms with Gasteiger partial charge in [0.15, 0.2) is 0 Å². The molecule has 0 saturated carbocycles. The van der Waals surface area contributed by atoms with Crippen molar-refractivity contribution in [3.63, 3.8) is 0 Å². The van der Waals surface area contributed by atoms with E-state index in [2.05, 4.69) is 95.9 Å². The van der Waals surface area contributed by atoms with Crippen LogP contribution in [0.15, 0.2) is 54.3 Å². The first-order valence-electron chi connectivity index (χ1n) is 24.8. The lowest BCUT2D eigenvalue weighted by atomic mass is 9.88. The number of allylic oxidation sites excluding steroid dienone is 3. The Bertz CT molecular complexity index is 1100. The number of hydrogen-bond acceptors (Lipinski definition) is 1. The Kier molecular flexibility index (Phi) is 34.9. The van der Waals surface area contributed by atoms with Crippen molar-refractivity contribution in [3.05, 3.63) is 71.0 Å². The smallest absolute Gasteiger partial charge is 0.0227 e. The van der Waals surface area contributed by atoms with Crippen LogP contribution in [0.4, 0.5) is 0 Å². The molecule has 0 fully saturated rings. The molecule has 1 rings (SSSR count). The van der Waals surface area contributed by atoms with Gasteiger partial charge in [0.1, 0.15) is 0 Å². The van der Waals surface area contributed by atoms with Gasteiger partial charge in [-0.3, -0.25) is 0 Å². The van der Waals surface area contributed by atoms with Crippen LogP contribution < -0.4 is 0 Å². The van der Waals surface area contributed by atoms with Gasteiger partial charge in [0, 0.05) is 6.54 Å². The average Bonchev–Trinajstić information content (AvgIpc) is 3.18. The number of aryl methyl sites for hydroxylation is 1. The Morgan fingerprint density at radius 1 is 0.554 bits per heavy atom. The lowest BCUT2D eigenvalue weighted by molar-refractivity contribution is 0.372. The third kappa shape index (κ3) is 30.3. The summed E-state index contributed by atoms with van der Waals surface area (Å²) in [6.45, 7) is 18.9. The van der Waals surface area contributed by atoms with E-state index in [9.17, 15) is 0 Å². The van der Waals surface area contributed by atoms with E-state index in [1.165, 1.54) is 214 Å². The zero-order valence-corrected chi connectivity index (χ0v) is 38.9. The Morgan fingerprint density at radius 2 is 0.982 bits per heavy atom. The van der Waals surface area contributed by atoms with Crippen molar-refractivity contribution in [3.8, 4) is 0 Å². The fraction of sp³-hybridized carbons (Fsp3) is 0.764. The van der Waals surface area contributed by atoms with E-state index in [-0.39, 0.29) is 0 Å². The van der Waals surface area contributed by atoms with E-state index in [0.29, 0.717) is 0 Å². The van der Waals surface area contributed by atoms with Crippen molar-refractivity contribution in [2.45, 2.75) is 246 Å². The highest BCUT2D eigenvalue weighted by atomic mass is 15.0. The van der Waals surface area contributed by atoms with Crippen LogP contribution in [0.25, 0.3) is 6.08 Å². The number of nitrogens with zero attached hydrogens (tertiary/aromatic N) is 1. The van der Waals surface area contributed by atoms with Crippen molar-refractivity contribution in [2.75, 3.05) is 14.1 Å². The molecule has 0 aliphatic heterocycles. The minimum Gasteiger partial charge on any atom is -0.305 e. The third-order valence-electron chi connectivity index (χ3n) is 12.4. The minimum absolute atomic E-state index is 0.907. The standard InChI is InChI=1S/C55H97N/c1-9-14-18-22-26-35-51(36-27-23-19-15-10-2)40-30-33-49(6)34-31-42-53-45-54(47-55(46-53)48-56(7)8)44-43-50(13-5)39-32-41-52(37-28-24-20-16-11-3)38-29-25-21-17-12-4/h31,42,45-47,51-52H,5-6,9-12,14-30,32-41,43-44,48H2,1-4,7-8H3/b42-31-. The number of rotatable bonds is 40. The molecule has 0 aliphatic rings. The highest BCUT2D eigenvalue weighted by molar-refractivity contribution is 5.52. The molecule has 0 atom stereocenters. The van der Waals surface area contributed by atoms with Crippen molar-refractivity contribution >= 4 is 6.08 Å². The van der Waals surface area contributed by atoms with Crippen LogP contribution >= 0.6 is 0 Å². The second-order valence-corrected chi connectivity index (χ2v) is 18.3. The molecule has 0 amide bonds. The first-order valence-corrected chi connectivity index (χ1v) is 24.8. The van der Waals surface area contributed by atoms with Gasteiger partial charge in [-0.15, -0.1) is 5.73 Å². The molecule has 0 N–H and O–H groups in total. The molecular weight excluding hydrogens is 675 g/mol. The fourth-order valence-electron chi connectivity index (χ4n) is 8.81. The summed E-state index contributed by atoms with van der Waals surface area (Å²) >= 11 is 0. The second-order valence-electron chi connectivity index (χ2n) is 18.3. The molecule has 0 spiro atoms. The molecular formula is C55H97N.